The lowest BCUT2D eigenvalue weighted by molar-refractivity contribution is -0.139. The molecule has 12 heteroatoms. The van der Waals surface area contributed by atoms with E-state index in [-0.39, 0.29) is 5.91 Å². The third kappa shape index (κ3) is 7.21. The van der Waals surface area contributed by atoms with Gasteiger partial charge in [0.1, 0.15) is 0 Å². The summed E-state index contributed by atoms with van der Waals surface area (Å²) >= 11 is 9.41. The lowest BCUT2D eigenvalue weighted by atomic mass is 10.1. The fourth-order valence-electron chi connectivity index (χ4n) is 3.23. The van der Waals surface area contributed by atoms with E-state index in [2.05, 4.69) is 20.8 Å². The number of carboxylic acids is 1. The van der Waals surface area contributed by atoms with Gasteiger partial charge in [0.2, 0.25) is 0 Å². The molecule has 0 fully saturated rings. The zero-order valence-corrected chi connectivity index (χ0v) is 23.5. The number of nitrogens with zero attached hydrogens (tertiary/aromatic N) is 2. The molecule has 0 atom stereocenters. The number of benzene rings is 3. The molecule has 0 saturated carbocycles. The highest BCUT2D eigenvalue weighted by Gasteiger charge is 2.13. The second kappa shape index (κ2) is 12.7. The molecule has 1 amide bonds. The second-order valence-corrected chi connectivity index (χ2v) is 10.1. The SMILES string of the molecule is COc1cc(/C=N\NC(=O)c2ccc(-c3csc(Nc4ccc(Cl)cc4)n3)cc2)cc(I)c1OCC(=O)O. The Kier molecular flexibility index (Phi) is 9.15. The summed E-state index contributed by atoms with van der Waals surface area (Å²) in [6, 6.07) is 17.8. The Morgan fingerprint density at radius 1 is 1.16 bits per heavy atom. The number of carbonyl (C=O) groups excluding carboxylic acids is 1. The molecule has 0 unspecified atom stereocenters. The standard InChI is InChI=1S/C26H20ClIN4O5S/c1-36-22-11-15(10-20(28)24(22)37-13-23(33)34)12-29-32-25(35)17-4-2-16(3-5-17)21-14-38-26(31-21)30-19-8-6-18(27)7-9-19/h2-12,14H,13H2,1H3,(H,30,31)(H,32,35)(H,33,34)/b29-12-. The highest BCUT2D eigenvalue weighted by Crippen LogP contribution is 2.33. The Labute approximate surface area is 240 Å². The number of amides is 1. The predicted molar refractivity (Wildman–Crippen MR) is 156 cm³/mol. The van der Waals surface area contributed by atoms with Gasteiger partial charge in [0.05, 0.1) is 22.6 Å². The molecule has 0 aliphatic rings. The largest absolute Gasteiger partial charge is 0.493 e. The van der Waals surface area contributed by atoms with E-state index in [4.69, 9.17) is 26.2 Å². The van der Waals surface area contributed by atoms with E-state index in [0.29, 0.717) is 31.2 Å². The van der Waals surface area contributed by atoms with Gasteiger partial charge in [-0.15, -0.1) is 11.3 Å². The third-order valence-corrected chi connectivity index (χ3v) is 6.82. The Hall–Kier alpha value is -3.68. The first-order valence-electron chi connectivity index (χ1n) is 11.0. The molecule has 3 N–H and O–H groups in total. The lowest BCUT2D eigenvalue weighted by Crippen LogP contribution is -2.17. The van der Waals surface area contributed by atoms with Gasteiger partial charge in [-0.3, -0.25) is 4.79 Å². The van der Waals surface area contributed by atoms with Crippen LogP contribution in [-0.2, 0) is 4.79 Å². The summed E-state index contributed by atoms with van der Waals surface area (Å²) in [5.74, 6) is -0.786. The van der Waals surface area contributed by atoms with Crippen molar-refractivity contribution in [3.8, 4) is 22.8 Å². The fourth-order valence-corrected chi connectivity index (χ4v) is 4.88. The van der Waals surface area contributed by atoms with E-state index in [1.807, 2.05) is 52.2 Å². The number of aromatic nitrogens is 1. The number of aliphatic carboxylic acids is 1. The van der Waals surface area contributed by atoms with Gasteiger partial charge in [-0.05, 0) is 76.7 Å². The van der Waals surface area contributed by atoms with Crippen LogP contribution in [0.5, 0.6) is 11.5 Å². The number of nitrogens with one attached hydrogen (secondary N) is 2. The molecule has 9 nitrogen and oxygen atoms in total. The van der Waals surface area contributed by atoms with Crippen molar-refractivity contribution in [3.05, 3.63) is 85.8 Å². The molecule has 0 saturated heterocycles. The predicted octanol–water partition coefficient (Wildman–Crippen LogP) is 6.05. The molecule has 0 aliphatic heterocycles. The number of methoxy groups -OCH3 is 1. The molecule has 0 radical (unpaired) electrons. The minimum absolute atomic E-state index is 0.324. The van der Waals surface area contributed by atoms with Gasteiger partial charge in [0, 0.05) is 27.2 Å². The number of rotatable bonds is 10. The molecule has 4 aromatic rings. The number of halogens is 2. The number of ether oxygens (including phenoxy) is 2. The van der Waals surface area contributed by atoms with Gasteiger partial charge in [-0.1, -0.05) is 23.7 Å². The zero-order chi connectivity index (χ0) is 27.1. The number of hydrogen-bond donors (Lipinski definition) is 3. The smallest absolute Gasteiger partial charge is 0.341 e. The number of hydrazone groups is 1. The fraction of sp³-hybridized carbons (Fsp3) is 0.0769. The average molecular weight is 663 g/mol. The van der Waals surface area contributed by atoms with Gasteiger partial charge in [0.25, 0.3) is 5.91 Å². The van der Waals surface area contributed by atoms with Crippen LogP contribution in [0.1, 0.15) is 15.9 Å². The van der Waals surface area contributed by atoms with Crippen molar-refractivity contribution in [2.24, 2.45) is 5.10 Å². The Morgan fingerprint density at radius 2 is 1.89 bits per heavy atom. The summed E-state index contributed by atoms with van der Waals surface area (Å²) < 4.78 is 11.2. The molecule has 0 aliphatic carbocycles. The van der Waals surface area contributed by atoms with Crippen molar-refractivity contribution in [3.63, 3.8) is 0 Å². The molecule has 1 aromatic heterocycles. The van der Waals surface area contributed by atoms with Crippen LogP contribution >= 0.6 is 45.5 Å². The first-order chi connectivity index (χ1) is 18.3. The monoisotopic (exact) mass is 662 g/mol. The van der Waals surface area contributed by atoms with Gasteiger partial charge in [-0.2, -0.15) is 5.10 Å². The summed E-state index contributed by atoms with van der Waals surface area (Å²) in [4.78, 5) is 27.9. The number of carbonyl (C=O) groups is 2. The highest BCUT2D eigenvalue weighted by molar-refractivity contribution is 14.1. The zero-order valence-electron chi connectivity index (χ0n) is 19.8. The lowest BCUT2D eigenvalue weighted by Gasteiger charge is -2.12. The maximum Gasteiger partial charge on any atom is 0.341 e. The van der Waals surface area contributed by atoms with Crippen LogP contribution in [0.4, 0.5) is 10.8 Å². The molecule has 3 aromatic carbocycles. The maximum absolute atomic E-state index is 12.5. The first kappa shape index (κ1) is 27.4. The number of hydrogen-bond acceptors (Lipinski definition) is 8. The van der Waals surface area contributed by atoms with Crippen molar-refractivity contribution < 1.29 is 24.2 Å². The Balaban J connectivity index is 1.37. The number of anilines is 2. The van der Waals surface area contributed by atoms with E-state index in [1.54, 1.807) is 36.4 Å². The van der Waals surface area contributed by atoms with E-state index >= 15 is 0 Å². The van der Waals surface area contributed by atoms with Gasteiger partial charge in [-0.25, -0.2) is 15.2 Å². The molecular weight excluding hydrogens is 643 g/mol. The van der Waals surface area contributed by atoms with Gasteiger partial charge < -0.3 is 19.9 Å². The molecule has 38 heavy (non-hydrogen) atoms. The minimum Gasteiger partial charge on any atom is -0.493 e. The summed E-state index contributed by atoms with van der Waals surface area (Å²) in [6.07, 6.45) is 1.46. The van der Waals surface area contributed by atoms with Crippen LogP contribution in [0, 0.1) is 3.57 Å². The summed E-state index contributed by atoms with van der Waals surface area (Å²) in [5, 5.41) is 19.4. The van der Waals surface area contributed by atoms with Crippen molar-refractivity contribution in [2.75, 3.05) is 19.0 Å². The van der Waals surface area contributed by atoms with Gasteiger partial charge in [0.15, 0.2) is 23.2 Å². The molecule has 0 bridgehead atoms. The van der Waals surface area contributed by atoms with E-state index in [9.17, 15) is 9.59 Å². The van der Waals surface area contributed by atoms with Crippen molar-refractivity contribution in [2.45, 2.75) is 0 Å². The maximum atomic E-state index is 12.5. The molecule has 4 rings (SSSR count). The summed E-state index contributed by atoms with van der Waals surface area (Å²) in [5.41, 5.74) is 6.12. The van der Waals surface area contributed by atoms with E-state index < -0.39 is 12.6 Å². The van der Waals surface area contributed by atoms with Crippen LogP contribution < -0.4 is 20.2 Å². The van der Waals surface area contributed by atoms with Crippen LogP contribution in [0.15, 0.2) is 71.1 Å². The van der Waals surface area contributed by atoms with Crippen LogP contribution in [0.25, 0.3) is 11.3 Å². The summed E-state index contributed by atoms with van der Waals surface area (Å²) in [7, 11) is 1.45. The Morgan fingerprint density at radius 3 is 2.58 bits per heavy atom. The van der Waals surface area contributed by atoms with Crippen LogP contribution in [0.2, 0.25) is 5.02 Å². The van der Waals surface area contributed by atoms with Crippen molar-refractivity contribution in [1.29, 1.82) is 0 Å². The second-order valence-electron chi connectivity index (χ2n) is 7.66. The van der Waals surface area contributed by atoms with Crippen LogP contribution in [-0.4, -0.2) is 41.9 Å². The molecular formula is C26H20ClIN4O5S. The van der Waals surface area contributed by atoms with E-state index in [0.717, 1.165) is 22.1 Å². The molecule has 194 valence electrons. The third-order valence-electron chi connectivity index (χ3n) is 5.01. The topological polar surface area (TPSA) is 122 Å². The van der Waals surface area contributed by atoms with Crippen molar-refractivity contribution in [1.82, 2.24) is 10.4 Å². The first-order valence-corrected chi connectivity index (χ1v) is 13.3. The average Bonchev–Trinajstić information content (AvgIpc) is 3.37. The molecule has 1 heterocycles. The highest BCUT2D eigenvalue weighted by atomic mass is 127. The number of carboxylic acid groups (broad SMARTS) is 1. The van der Waals surface area contributed by atoms with Crippen molar-refractivity contribution >= 4 is 74.4 Å². The Bertz CT molecular complexity index is 1480. The molecule has 0 spiro atoms. The minimum atomic E-state index is -1.09. The summed E-state index contributed by atoms with van der Waals surface area (Å²) in [6.45, 7) is -0.488. The number of thiazole rings is 1. The van der Waals surface area contributed by atoms with E-state index in [1.165, 1.54) is 24.7 Å². The quantitative estimate of drug-likeness (QED) is 0.107. The normalized spacial score (nSPS) is 10.8. The van der Waals surface area contributed by atoms with Crippen LogP contribution in [0.3, 0.4) is 0 Å². The van der Waals surface area contributed by atoms with Gasteiger partial charge >= 0.3 is 5.97 Å².